The van der Waals surface area contributed by atoms with E-state index in [1.165, 1.54) is 14.0 Å². The van der Waals surface area contributed by atoms with Crippen molar-refractivity contribution in [3.63, 3.8) is 0 Å². The molecule has 1 rings (SSSR count). The van der Waals surface area contributed by atoms with Gasteiger partial charge >= 0.3 is 11.9 Å². The Hall–Kier alpha value is -1.56. The second kappa shape index (κ2) is 6.24. The van der Waals surface area contributed by atoms with Crippen LogP contribution in [0.3, 0.4) is 0 Å². The summed E-state index contributed by atoms with van der Waals surface area (Å²) >= 11 is 0. The maximum absolute atomic E-state index is 11.5. The molecule has 1 saturated heterocycles. The normalized spacial score (nSPS) is 18.2. The number of methoxy groups -OCH3 is 1. The molecule has 0 aromatic carbocycles. The molecule has 1 heterocycles. The molecule has 0 saturated carbocycles. The number of hydrogen-bond acceptors (Lipinski definition) is 6. The minimum absolute atomic E-state index is 0.0165. The van der Waals surface area contributed by atoms with Crippen LogP contribution >= 0.6 is 0 Å². The molecular weight excluding hydrogens is 226 g/mol. The molecule has 6 heteroatoms. The molecule has 0 bridgehead atoms. The van der Waals surface area contributed by atoms with Gasteiger partial charge in [-0.05, 0) is 12.8 Å². The van der Waals surface area contributed by atoms with Crippen molar-refractivity contribution in [1.29, 1.82) is 0 Å². The van der Waals surface area contributed by atoms with Gasteiger partial charge in [0.2, 0.25) is 5.76 Å². The molecule has 0 aromatic rings. The van der Waals surface area contributed by atoms with Crippen LogP contribution in [-0.4, -0.2) is 32.3 Å². The Kier molecular flexibility index (Phi) is 4.96. The lowest BCUT2D eigenvalue weighted by atomic mass is 9.96. The summed E-state index contributed by atoms with van der Waals surface area (Å²) in [6.07, 6.45) is 1.40. The summed E-state index contributed by atoms with van der Waals surface area (Å²) < 4.78 is 14.6. The van der Waals surface area contributed by atoms with Gasteiger partial charge in [0.1, 0.15) is 0 Å². The molecule has 17 heavy (non-hydrogen) atoms. The average molecular weight is 243 g/mol. The van der Waals surface area contributed by atoms with Gasteiger partial charge in [-0.1, -0.05) is 0 Å². The maximum atomic E-state index is 11.5. The van der Waals surface area contributed by atoms with Crippen LogP contribution in [0.4, 0.5) is 0 Å². The van der Waals surface area contributed by atoms with Gasteiger partial charge < -0.3 is 19.9 Å². The lowest BCUT2D eigenvalue weighted by molar-refractivity contribution is -0.148. The summed E-state index contributed by atoms with van der Waals surface area (Å²) in [7, 11) is 1.21. The molecule has 0 aliphatic carbocycles. The fraction of sp³-hybridized carbons (Fsp3) is 0.636. The molecule has 0 radical (unpaired) electrons. The SMILES string of the molecule is COC(=O)C(OC(C)=O)=C(N)C1CCOCC1. The van der Waals surface area contributed by atoms with Crippen LogP contribution in [0.1, 0.15) is 19.8 Å². The van der Waals surface area contributed by atoms with Gasteiger partial charge in [-0.2, -0.15) is 0 Å². The van der Waals surface area contributed by atoms with E-state index in [0.717, 1.165) is 0 Å². The van der Waals surface area contributed by atoms with Crippen LogP contribution in [0.5, 0.6) is 0 Å². The highest BCUT2D eigenvalue weighted by Crippen LogP contribution is 2.23. The highest BCUT2D eigenvalue weighted by Gasteiger charge is 2.25. The van der Waals surface area contributed by atoms with Crippen LogP contribution in [0.25, 0.3) is 0 Å². The predicted molar refractivity (Wildman–Crippen MR) is 58.5 cm³/mol. The molecular formula is C11H17NO5. The Morgan fingerprint density at radius 1 is 1.29 bits per heavy atom. The Labute approximate surface area is 99.7 Å². The largest absolute Gasteiger partial charge is 0.463 e. The number of allylic oxidation sites excluding steroid dienone is 1. The third-order valence-electron chi connectivity index (χ3n) is 2.54. The molecule has 0 amide bonds. The number of carbonyl (C=O) groups is 2. The first-order chi connectivity index (χ1) is 8.06. The quantitative estimate of drug-likeness (QED) is 0.436. The van der Waals surface area contributed by atoms with E-state index < -0.39 is 11.9 Å². The van der Waals surface area contributed by atoms with Gasteiger partial charge in [-0.25, -0.2) is 4.79 Å². The molecule has 96 valence electrons. The van der Waals surface area contributed by atoms with Crippen molar-refractivity contribution in [2.24, 2.45) is 11.7 Å². The molecule has 6 nitrogen and oxygen atoms in total. The Balaban J connectivity index is 2.90. The summed E-state index contributed by atoms with van der Waals surface area (Å²) in [4.78, 5) is 22.4. The summed E-state index contributed by atoms with van der Waals surface area (Å²) in [5.74, 6) is -1.55. The first-order valence-electron chi connectivity index (χ1n) is 5.40. The zero-order valence-electron chi connectivity index (χ0n) is 10.0. The minimum atomic E-state index is -0.732. The fourth-order valence-electron chi connectivity index (χ4n) is 1.65. The molecule has 1 fully saturated rings. The first kappa shape index (κ1) is 13.5. The van der Waals surface area contributed by atoms with E-state index in [9.17, 15) is 9.59 Å². The molecule has 1 aliphatic heterocycles. The number of hydrogen-bond donors (Lipinski definition) is 1. The van der Waals surface area contributed by atoms with Crippen LogP contribution in [-0.2, 0) is 23.8 Å². The maximum Gasteiger partial charge on any atom is 0.375 e. The summed E-state index contributed by atoms with van der Waals surface area (Å²) in [5.41, 5.74) is 6.12. The van der Waals surface area contributed by atoms with Crippen molar-refractivity contribution in [3.8, 4) is 0 Å². The molecule has 0 unspecified atom stereocenters. The third kappa shape index (κ3) is 3.74. The number of esters is 2. The standard InChI is InChI=1S/C11H17NO5/c1-7(13)17-10(11(14)15-2)9(12)8-3-5-16-6-4-8/h8H,3-6,12H2,1-2H3. The number of rotatable bonds is 3. The Morgan fingerprint density at radius 2 is 1.88 bits per heavy atom. The van der Waals surface area contributed by atoms with E-state index in [1.807, 2.05) is 0 Å². The third-order valence-corrected chi connectivity index (χ3v) is 2.54. The van der Waals surface area contributed by atoms with Gasteiger partial charge in [0.05, 0.1) is 12.8 Å². The molecule has 2 N–H and O–H groups in total. The van der Waals surface area contributed by atoms with Crippen molar-refractivity contribution in [2.75, 3.05) is 20.3 Å². The van der Waals surface area contributed by atoms with Crippen LogP contribution in [0, 0.1) is 5.92 Å². The number of ether oxygens (including phenoxy) is 3. The van der Waals surface area contributed by atoms with E-state index >= 15 is 0 Å². The van der Waals surface area contributed by atoms with Crippen molar-refractivity contribution >= 4 is 11.9 Å². The van der Waals surface area contributed by atoms with Gasteiger partial charge in [0, 0.05) is 26.1 Å². The van der Waals surface area contributed by atoms with Crippen LogP contribution < -0.4 is 5.73 Å². The number of nitrogens with two attached hydrogens (primary N) is 1. The van der Waals surface area contributed by atoms with Gasteiger partial charge in [-0.3, -0.25) is 4.79 Å². The zero-order chi connectivity index (χ0) is 12.8. The highest BCUT2D eigenvalue weighted by atomic mass is 16.6. The van der Waals surface area contributed by atoms with Crippen molar-refractivity contribution in [2.45, 2.75) is 19.8 Å². The van der Waals surface area contributed by atoms with E-state index in [-0.39, 0.29) is 17.4 Å². The van der Waals surface area contributed by atoms with E-state index in [2.05, 4.69) is 4.74 Å². The summed E-state index contributed by atoms with van der Waals surface area (Å²) in [6.45, 7) is 2.37. The fourth-order valence-corrected chi connectivity index (χ4v) is 1.65. The van der Waals surface area contributed by atoms with Gasteiger partial charge in [-0.15, -0.1) is 0 Å². The predicted octanol–water partition coefficient (Wildman–Crippen LogP) is 0.319. The van der Waals surface area contributed by atoms with E-state index in [1.54, 1.807) is 0 Å². The van der Waals surface area contributed by atoms with E-state index in [0.29, 0.717) is 26.1 Å². The van der Waals surface area contributed by atoms with Crippen molar-refractivity contribution in [3.05, 3.63) is 11.5 Å². The monoisotopic (exact) mass is 243 g/mol. The van der Waals surface area contributed by atoms with E-state index in [4.69, 9.17) is 15.2 Å². The smallest absolute Gasteiger partial charge is 0.375 e. The zero-order valence-corrected chi connectivity index (χ0v) is 10.0. The Bertz CT molecular complexity index is 331. The second-order valence-electron chi connectivity index (χ2n) is 3.76. The number of carbonyl (C=O) groups excluding carboxylic acids is 2. The molecule has 0 aromatic heterocycles. The lowest BCUT2D eigenvalue weighted by Crippen LogP contribution is -2.26. The average Bonchev–Trinajstić information content (AvgIpc) is 2.35. The van der Waals surface area contributed by atoms with Gasteiger partial charge in [0.15, 0.2) is 0 Å². The lowest BCUT2D eigenvalue weighted by Gasteiger charge is -2.23. The molecule has 0 spiro atoms. The summed E-state index contributed by atoms with van der Waals surface area (Å²) in [6, 6.07) is 0. The highest BCUT2D eigenvalue weighted by molar-refractivity contribution is 5.89. The molecule has 0 atom stereocenters. The van der Waals surface area contributed by atoms with Crippen LogP contribution in [0.2, 0.25) is 0 Å². The molecule has 1 aliphatic rings. The first-order valence-corrected chi connectivity index (χ1v) is 5.40. The second-order valence-corrected chi connectivity index (χ2v) is 3.76. The van der Waals surface area contributed by atoms with Gasteiger partial charge in [0.25, 0.3) is 0 Å². The van der Waals surface area contributed by atoms with Crippen molar-refractivity contribution in [1.82, 2.24) is 0 Å². The summed E-state index contributed by atoms with van der Waals surface area (Å²) in [5, 5.41) is 0. The van der Waals surface area contributed by atoms with Crippen molar-refractivity contribution < 1.29 is 23.8 Å². The topological polar surface area (TPSA) is 87.9 Å². The Morgan fingerprint density at radius 3 is 2.35 bits per heavy atom. The van der Waals surface area contributed by atoms with Crippen LogP contribution in [0.15, 0.2) is 11.5 Å². The minimum Gasteiger partial charge on any atom is -0.463 e.